The molecule has 0 fully saturated rings. The maximum atomic E-state index is 13.0. The van der Waals surface area contributed by atoms with Gasteiger partial charge in [-0.15, -0.1) is 0 Å². The Bertz CT molecular complexity index is 1270. The monoisotopic (exact) mass is 1040 g/mol. The molecule has 0 aromatic rings. The van der Waals surface area contributed by atoms with E-state index < -0.39 is 20.0 Å². The molecule has 3 atom stereocenters. The van der Waals surface area contributed by atoms with Gasteiger partial charge in [0.25, 0.3) is 0 Å². The van der Waals surface area contributed by atoms with E-state index in [2.05, 4.69) is 43.5 Å². The number of phosphoric ester groups is 1. The van der Waals surface area contributed by atoms with Gasteiger partial charge in [0, 0.05) is 6.42 Å². The van der Waals surface area contributed by atoms with E-state index in [1.807, 2.05) is 27.2 Å². The van der Waals surface area contributed by atoms with E-state index in [9.17, 15) is 19.4 Å². The first-order valence-electron chi connectivity index (χ1n) is 31.4. The summed E-state index contributed by atoms with van der Waals surface area (Å²) >= 11 is 0. The first-order valence-corrected chi connectivity index (χ1v) is 32.9. The van der Waals surface area contributed by atoms with Crippen molar-refractivity contribution in [2.45, 2.75) is 321 Å². The molecule has 426 valence electrons. The number of hydrogen-bond acceptors (Lipinski definition) is 5. The third-order valence-corrected chi connectivity index (χ3v) is 15.3. The van der Waals surface area contributed by atoms with E-state index >= 15 is 0 Å². The molecule has 9 heteroatoms. The van der Waals surface area contributed by atoms with Gasteiger partial charge in [-0.25, -0.2) is 4.57 Å². The van der Waals surface area contributed by atoms with Gasteiger partial charge in [-0.05, 0) is 44.9 Å². The molecule has 1 amide bonds. The number of nitrogens with one attached hydrogen (secondary N) is 1. The van der Waals surface area contributed by atoms with Crippen LogP contribution in [0, 0.1) is 0 Å². The van der Waals surface area contributed by atoms with Gasteiger partial charge in [0.05, 0.1) is 39.9 Å². The van der Waals surface area contributed by atoms with Crippen LogP contribution in [-0.2, 0) is 18.4 Å². The summed E-state index contributed by atoms with van der Waals surface area (Å²) in [7, 11) is 1.56. The van der Waals surface area contributed by atoms with Gasteiger partial charge >= 0.3 is 7.82 Å². The molecule has 8 nitrogen and oxygen atoms in total. The van der Waals surface area contributed by atoms with Crippen LogP contribution in [0.2, 0.25) is 0 Å². The number of amides is 1. The number of rotatable bonds is 58. The van der Waals surface area contributed by atoms with Crippen molar-refractivity contribution in [1.82, 2.24) is 5.32 Å². The minimum atomic E-state index is -4.36. The topological polar surface area (TPSA) is 105 Å². The fourth-order valence-corrected chi connectivity index (χ4v) is 10.2. The quantitative estimate of drug-likeness (QED) is 0.0243. The van der Waals surface area contributed by atoms with Gasteiger partial charge in [-0.1, -0.05) is 294 Å². The molecule has 0 spiro atoms. The number of aliphatic hydroxyl groups is 1. The Morgan fingerprint density at radius 2 is 0.764 bits per heavy atom. The highest BCUT2D eigenvalue weighted by Gasteiger charge is 2.27. The van der Waals surface area contributed by atoms with Crippen molar-refractivity contribution < 1.29 is 32.9 Å². The third kappa shape index (κ3) is 56.4. The third-order valence-electron chi connectivity index (χ3n) is 14.3. The molecular formula is C63H124N2O6P+. The molecular weight excluding hydrogens is 912 g/mol. The summed E-state index contributed by atoms with van der Waals surface area (Å²) in [4.78, 5) is 23.3. The molecule has 0 saturated carbocycles. The summed E-state index contributed by atoms with van der Waals surface area (Å²) < 4.78 is 23.7. The lowest BCUT2D eigenvalue weighted by atomic mass is 10.0. The van der Waals surface area contributed by atoms with Crippen molar-refractivity contribution in [2.24, 2.45) is 0 Å². The van der Waals surface area contributed by atoms with Gasteiger partial charge in [-0.3, -0.25) is 13.8 Å². The van der Waals surface area contributed by atoms with Crippen molar-refractivity contribution in [3.8, 4) is 0 Å². The smallest absolute Gasteiger partial charge is 0.387 e. The number of aliphatic hydroxyl groups excluding tert-OH is 1. The zero-order valence-corrected chi connectivity index (χ0v) is 49.6. The van der Waals surface area contributed by atoms with E-state index in [4.69, 9.17) is 9.05 Å². The second-order valence-electron chi connectivity index (χ2n) is 22.8. The number of unbranched alkanes of at least 4 members (excludes halogenated alkanes) is 41. The Hall–Kier alpha value is -1.28. The van der Waals surface area contributed by atoms with Crippen LogP contribution in [0.15, 0.2) is 36.5 Å². The van der Waals surface area contributed by atoms with E-state index in [-0.39, 0.29) is 19.1 Å². The van der Waals surface area contributed by atoms with Crippen molar-refractivity contribution >= 4 is 13.7 Å². The van der Waals surface area contributed by atoms with Crippen LogP contribution in [-0.4, -0.2) is 73.4 Å². The Labute approximate surface area is 448 Å². The Balaban J connectivity index is 3.97. The average Bonchev–Trinajstić information content (AvgIpc) is 3.34. The van der Waals surface area contributed by atoms with Crippen LogP contribution in [0.5, 0.6) is 0 Å². The number of hydrogen-bond donors (Lipinski definition) is 3. The van der Waals surface area contributed by atoms with E-state index in [1.54, 1.807) is 6.08 Å². The molecule has 0 radical (unpaired) electrons. The molecule has 0 aromatic carbocycles. The largest absolute Gasteiger partial charge is 0.472 e. The number of carbonyl (C=O) groups excluding carboxylic acids is 1. The molecule has 0 bridgehead atoms. The predicted octanol–water partition coefficient (Wildman–Crippen LogP) is 19.3. The highest BCUT2D eigenvalue weighted by Crippen LogP contribution is 2.43. The first kappa shape index (κ1) is 70.7. The molecule has 0 rings (SSSR count). The summed E-state index contributed by atoms with van der Waals surface area (Å²) in [5.74, 6) is -0.186. The van der Waals surface area contributed by atoms with Crippen molar-refractivity contribution in [1.29, 1.82) is 0 Å². The van der Waals surface area contributed by atoms with E-state index in [0.29, 0.717) is 17.4 Å². The summed E-state index contributed by atoms with van der Waals surface area (Å²) in [6, 6.07) is -0.867. The normalized spacial score (nSPS) is 14.0. The highest BCUT2D eigenvalue weighted by molar-refractivity contribution is 7.47. The maximum absolute atomic E-state index is 13.0. The lowest BCUT2D eigenvalue weighted by molar-refractivity contribution is -0.870. The number of allylic oxidation sites excluding steroid dienone is 5. The molecule has 3 unspecified atom stereocenters. The Morgan fingerprint density at radius 1 is 0.458 bits per heavy atom. The lowest BCUT2D eigenvalue weighted by Crippen LogP contribution is -2.45. The molecule has 3 N–H and O–H groups in total. The Morgan fingerprint density at radius 3 is 1.11 bits per heavy atom. The lowest BCUT2D eigenvalue weighted by Gasteiger charge is -2.25. The minimum absolute atomic E-state index is 0.0550. The van der Waals surface area contributed by atoms with E-state index in [1.165, 1.54) is 244 Å². The van der Waals surface area contributed by atoms with Gasteiger partial charge < -0.3 is 19.8 Å². The number of phosphoric acid groups is 1. The molecule has 0 aliphatic heterocycles. The van der Waals surface area contributed by atoms with Gasteiger partial charge in [0.2, 0.25) is 5.91 Å². The van der Waals surface area contributed by atoms with Crippen LogP contribution >= 0.6 is 7.82 Å². The number of likely N-dealkylation sites (N-methyl/N-ethyl adjacent to an activating group) is 1. The molecule has 0 aliphatic rings. The van der Waals surface area contributed by atoms with Crippen LogP contribution in [0.3, 0.4) is 0 Å². The number of carbonyl (C=O) groups is 1. The predicted molar refractivity (Wildman–Crippen MR) is 314 cm³/mol. The SMILES string of the molecule is CCCCCCC/C=C/CC/C=C/CC/C=C/C(O)C(COP(=O)(O)OCC[N+](C)(C)C)NC(=O)CCCCCCCCCCCCCCCCCCCCCCCCCCCCCCCCCCCCC. The fraction of sp³-hybridized carbons (Fsp3) is 0.889. The minimum Gasteiger partial charge on any atom is -0.387 e. The summed E-state index contributed by atoms with van der Waals surface area (Å²) in [5, 5.41) is 13.9. The summed E-state index contributed by atoms with van der Waals surface area (Å²) in [6.45, 7) is 4.81. The van der Waals surface area contributed by atoms with Crippen LogP contribution in [0.1, 0.15) is 309 Å². The second-order valence-corrected chi connectivity index (χ2v) is 24.2. The molecule has 0 saturated heterocycles. The molecule has 0 aliphatic carbocycles. The van der Waals surface area contributed by atoms with Crippen LogP contribution in [0.4, 0.5) is 0 Å². The number of quaternary nitrogens is 1. The summed E-state index contributed by atoms with van der Waals surface area (Å²) in [5.41, 5.74) is 0. The summed E-state index contributed by atoms with van der Waals surface area (Å²) in [6.07, 6.45) is 71.5. The van der Waals surface area contributed by atoms with Gasteiger partial charge in [0.1, 0.15) is 13.2 Å². The molecule has 0 heterocycles. The Kier molecular flexibility index (Phi) is 53.5. The zero-order chi connectivity index (χ0) is 52.7. The standard InChI is InChI=1S/C63H123N2O6P/c1-6-8-10-12-14-16-18-20-22-23-24-25-26-27-28-29-30-31-32-33-34-35-36-37-38-39-40-41-43-45-47-49-51-53-55-57-63(67)64-61(60-71-72(68,69)70-59-58-65(3,4)5)62(66)56-54-52-50-48-46-44-42-21-19-17-15-13-11-9-7-2/h19,21,46,48,54,56,61-62,66H,6-18,20,22-45,47,49-53,55,57-60H2,1-5H3,(H-,64,67,68,69)/p+1/b21-19+,48-46+,56-54+. The zero-order valence-electron chi connectivity index (χ0n) is 48.7. The van der Waals surface area contributed by atoms with Gasteiger partial charge in [-0.2, -0.15) is 0 Å². The van der Waals surface area contributed by atoms with Crippen molar-refractivity contribution in [3.63, 3.8) is 0 Å². The molecule has 72 heavy (non-hydrogen) atoms. The average molecular weight is 1040 g/mol. The van der Waals surface area contributed by atoms with Gasteiger partial charge in [0.15, 0.2) is 0 Å². The highest BCUT2D eigenvalue weighted by atomic mass is 31.2. The second kappa shape index (κ2) is 54.5. The first-order chi connectivity index (χ1) is 35.0. The van der Waals surface area contributed by atoms with Crippen LogP contribution in [0.25, 0.3) is 0 Å². The van der Waals surface area contributed by atoms with Crippen molar-refractivity contribution in [2.75, 3.05) is 40.9 Å². The number of nitrogens with zero attached hydrogens (tertiary/aromatic N) is 1. The van der Waals surface area contributed by atoms with Crippen LogP contribution < -0.4 is 5.32 Å². The fourth-order valence-electron chi connectivity index (χ4n) is 9.43. The van der Waals surface area contributed by atoms with Crippen molar-refractivity contribution in [3.05, 3.63) is 36.5 Å². The van der Waals surface area contributed by atoms with E-state index in [0.717, 1.165) is 44.9 Å². The maximum Gasteiger partial charge on any atom is 0.472 e. The molecule has 0 aromatic heterocycles.